The largest absolute Gasteiger partial charge is 0.335 e. The van der Waals surface area contributed by atoms with Crippen molar-refractivity contribution in [3.63, 3.8) is 0 Å². The maximum atomic E-state index is 12.8. The van der Waals surface area contributed by atoms with Crippen LogP contribution in [0.1, 0.15) is 39.0 Å². The van der Waals surface area contributed by atoms with Gasteiger partial charge < -0.3 is 15.5 Å². The minimum Gasteiger partial charge on any atom is -0.335 e. The van der Waals surface area contributed by atoms with Gasteiger partial charge in [-0.2, -0.15) is 4.31 Å². The molecule has 0 atom stereocenters. The summed E-state index contributed by atoms with van der Waals surface area (Å²) >= 11 is 0. The highest BCUT2D eigenvalue weighted by atomic mass is 32.2. The first-order chi connectivity index (χ1) is 13.4. The van der Waals surface area contributed by atoms with Crippen molar-refractivity contribution in [3.8, 4) is 0 Å². The summed E-state index contributed by atoms with van der Waals surface area (Å²) in [5.41, 5.74) is 0.552. The average Bonchev–Trinajstić information content (AvgIpc) is 2.69. The fourth-order valence-electron chi connectivity index (χ4n) is 3.71. The third-order valence-corrected chi connectivity index (χ3v) is 7.18. The summed E-state index contributed by atoms with van der Waals surface area (Å²) in [5.74, 6) is -0.210. The van der Waals surface area contributed by atoms with Gasteiger partial charge in [-0.25, -0.2) is 13.2 Å². The van der Waals surface area contributed by atoms with Crippen molar-refractivity contribution in [1.82, 2.24) is 14.5 Å². The van der Waals surface area contributed by atoms with Gasteiger partial charge in [0.1, 0.15) is 0 Å². The first-order valence-electron chi connectivity index (χ1n) is 9.79. The average molecular weight is 409 g/mol. The molecule has 8 nitrogen and oxygen atoms in total. The van der Waals surface area contributed by atoms with Crippen molar-refractivity contribution in [2.45, 2.75) is 50.0 Å². The normalized spacial score (nSPS) is 19.2. The summed E-state index contributed by atoms with van der Waals surface area (Å²) in [5, 5.41) is 5.70. The predicted molar refractivity (Wildman–Crippen MR) is 106 cm³/mol. The van der Waals surface area contributed by atoms with Crippen molar-refractivity contribution >= 4 is 27.6 Å². The van der Waals surface area contributed by atoms with Gasteiger partial charge in [-0.15, -0.1) is 0 Å². The highest BCUT2D eigenvalue weighted by molar-refractivity contribution is 7.89. The van der Waals surface area contributed by atoms with Crippen molar-refractivity contribution in [3.05, 3.63) is 24.3 Å². The number of rotatable bonds is 4. The Hall–Kier alpha value is -2.13. The van der Waals surface area contributed by atoms with E-state index in [1.54, 1.807) is 17.0 Å². The van der Waals surface area contributed by atoms with Gasteiger partial charge in [0.15, 0.2) is 0 Å². The second-order valence-corrected chi connectivity index (χ2v) is 9.32. The van der Waals surface area contributed by atoms with Gasteiger partial charge in [0.25, 0.3) is 0 Å². The van der Waals surface area contributed by atoms with Crippen LogP contribution in [0.2, 0.25) is 0 Å². The summed E-state index contributed by atoms with van der Waals surface area (Å²) in [6, 6.07) is 6.27. The molecule has 154 valence electrons. The molecule has 1 aromatic carbocycles. The van der Waals surface area contributed by atoms with E-state index in [-0.39, 0.29) is 36.0 Å². The molecule has 0 unspecified atom stereocenters. The number of piperazine rings is 1. The Morgan fingerprint density at radius 1 is 0.964 bits per heavy atom. The van der Waals surface area contributed by atoms with Crippen molar-refractivity contribution in [2.75, 3.05) is 31.5 Å². The van der Waals surface area contributed by atoms with Crippen LogP contribution in [0, 0.1) is 0 Å². The lowest BCUT2D eigenvalue weighted by Crippen LogP contribution is -2.54. The molecule has 1 aliphatic heterocycles. The third-order valence-electron chi connectivity index (χ3n) is 5.27. The Bertz CT molecular complexity index is 796. The van der Waals surface area contributed by atoms with Gasteiger partial charge in [0.05, 0.1) is 4.90 Å². The van der Waals surface area contributed by atoms with Crippen LogP contribution in [0.25, 0.3) is 0 Å². The van der Waals surface area contributed by atoms with Crippen LogP contribution < -0.4 is 10.6 Å². The molecule has 3 amide bonds. The molecule has 0 bridgehead atoms. The number of sulfonamides is 1. The highest BCUT2D eigenvalue weighted by Crippen LogP contribution is 2.21. The maximum absolute atomic E-state index is 12.8. The summed E-state index contributed by atoms with van der Waals surface area (Å²) in [6.07, 6.45) is 5.58. The van der Waals surface area contributed by atoms with Crippen LogP contribution in [-0.4, -0.2) is 61.8 Å². The molecule has 0 spiro atoms. The van der Waals surface area contributed by atoms with E-state index < -0.39 is 10.0 Å². The van der Waals surface area contributed by atoms with Crippen LogP contribution >= 0.6 is 0 Å². The van der Waals surface area contributed by atoms with Crippen LogP contribution in [0.5, 0.6) is 0 Å². The molecule has 1 saturated heterocycles. The minimum atomic E-state index is -3.62. The van der Waals surface area contributed by atoms with E-state index in [2.05, 4.69) is 10.6 Å². The first kappa shape index (κ1) is 20.6. The van der Waals surface area contributed by atoms with E-state index in [4.69, 9.17) is 0 Å². The first-order valence-corrected chi connectivity index (χ1v) is 11.2. The van der Waals surface area contributed by atoms with Crippen molar-refractivity contribution in [1.29, 1.82) is 0 Å². The molecule has 9 heteroatoms. The Morgan fingerprint density at radius 3 is 2.14 bits per heavy atom. The molecular weight excluding hydrogens is 380 g/mol. The maximum Gasteiger partial charge on any atom is 0.317 e. The van der Waals surface area contributed by atoms with Crippen molar-refractivity contribution < 1.29 is 18.0 Å². The number of carbonyl (C=O) groups excluding carboxylic acids is 2. The Morgan fingerprint density at radius 2 is 1.57 bits per heavy atom. The molecule has 1 saturated carbocycles. The summed E-state index contributed by atoms with van der Waals surface area (Å²) in [7, 11) is -3.62. The van der Waals surface area contributed by atoms with Crippen LogP contribution in [-0.2, 0) is 14.8 Å². The molecule has 28 heavy (non-hydrogen) atoms. The second kappa shape index (κ2) is 8.91. The summed E-state index contributed by atoms with van der Waals surface area (Å²) in [4.78, 5) is 25.4. The Labute approximate surface area is 166 Å². The zero-order chi connectivity index (χ0) is 20.1. The van der Waals surface area contributed by atoms with E-state index in [1.165, 1.54) is 29.8 Å². The molecular formula is C19H28N4O4S. The minimum absolute atomic E-state index is 0.0939. The van der Waals surface area contributed by atoms with E-state index in [0.717, 1.165) is 25.7 Å². The topological polar surface area (TPSA) is 98.8 Å². The highest BCUT2D eigenvalue weighted by Gasteiger charge is 2.30. The Kier molecular flexibility index (Phi) is 6.56. The number of carbonyl (C=O) groups is 2. The predicted octanol–water partition coefficient (Wildman–Crippen LogP) is 1.99. The Balaban J connectivity index is 1.55. The molecule has 0 radical (unpaired) electrons. The SMILES string of the molecule is CC(=O)Nc1ccc(S(=O)(=O)N2CCN(C(=O)NC3CCCCC3)CC2)cc1. The smallest absolute Gasteiger partial charge is 0.317 e. The van der Waals surface area contributed by atoms with Crippen molar-refractivity contribution in [2.24, 2.45) is 0 Å². The lowest BCUT2D eigenvalue weighted by Gasteiger charge is -2.35. The summed E-state index contributed by atoms with van der Waals surface area (Å²) < 4.78 is 27.1. The fourth-order valence-corrected chi connectivity index (χ4v) is 5.13. The molecule has 2 aliphatic rings. The number of benzene rings is 1. The van der Waals surface area contributed by atoms with Gasteiger partial charge in [-0.3, -0.25) is 4.79 Å². The molecule has 2 fully saturated rings. The zero-order valence-corrected chi connectivity index (χ0v) is 17.0. The van der Waals surface area contributed by atoms with E-state index in [9.17, 15) is 18.0 Å². The van der Waals surface area contributed by atoms with Gasteiger partial charge in [-0.1, -0.05) is 19.3 Å². The fraction of sp³-hybridized carbons (Fsp3) is 0.579. The number of anilines is 1. The van der Waals surface area contributed by atoms with Gasteiger partial charge in [0.2, 0.25) is 15.9 Å². The number of urea groups is 1. The lowest BCUT2D eigenvalue weighted by molar-refractivity contribution is -0.114. The monoisotopic (exact) mass is 408 g/mol. The van der Waals surface area contributed by atoms with Crippen LogP contribution in [0.3, 0.4) is 0 Å². The number of nitrogens with zero attached hydrogens (tertiary/aromatic N) is 2. The molecule has 3 rings (SSSR count). The molecule has 1 aromatic rings. The quantitative estimate of drug-likeness (QED) is 0.796. The lowest BCUT2D eigenvalue weighted by atomic mass is 9.96. The van der Waals surface area contributed by atoms with E-state index in [0.29, 0.717) is 18.8 Å². The van der Waals surface area contributed by atoms with Crippen LogP contribution in [0.15, 0.2) is 29.2 Å². The number of amides is 3. The standard InChI is InChI=1S/C19H28N4O4S/c1-15(24)20-17-7-9-18(10-8-17)28(26,27)23-13-11-22(12-14-23)19(25)21-16-5-3-2-4-6-16/h7-10,16H,2-6,11-14H2,1H3,(H,20,24)(H,21,25). The van der Waals surface area contributed by atoms with Gasteiger partial charge in [0, 0.05) is 44.8 Å². The van der Waals surface area contributed by atoms with Crippen LogP contribution in [0.4, 0.5) is 10.5 Å². The number of nitrogens with one attached hydrogen (secondary N) is 2. The summed E-state index contributed by atoms with van der Waals surface area (Å²) in [6.45, 7) is 2.69. The number of hydrogen-bond acceptors (Lipinski definition) is 4. The third kappa shape index (κ3) is 5.02. The van der Waals surface area contributed by atoms with E-state index in [1.807, 2.05) is 0 Å². The molecule has 1 heterocycles. The molecule has 0 aromatic heterocycles. The van der Waals surface area contributed by atoms with Gasteiger partial charge in [-0.05, 0) is 37.1 Å². The molecule has 1 aliphatic carbocycles. The zero-order valence-electron chi connectivity index (χ0n) is 16.2. The number of hydrogen-bond donors (Lipinski definition) is 2. The molecule has 2 N–H and O–H groups in total. The van der Waals surface area contributed by atoms with E-state index >= 15 is 0 Å². The second-order valence-electron chi connectivity index (χ2n) is 7.38. The van der Waals surface area contributed by atoms with Gasteiger partial charge >= 0.3 is 6.03 Å².